The SMILES string of the molecule is O=C(O)c1cccs1.[Tb].c1ccc(-c2ccccn2)nc1. The Bertz CT molecular complexity index is 608. The van der Waals surface area contributed by atoms with Crippen LogP contribution in [0.4, 0.5) is 0 Å². The molecule has 109 valence electrons. The Morgan fingerprint density at radius 2 is 1.48 bits per heavy atom. The van der Waals surface area contributed by atoms with E-state index in [0.717, 1.165) is 11.4 Å². The summed E-state index contributed by atoms with van der Waals surface area (Å²) >= 11 is 1.23. The second-order valence-electron chi connectivity index (χ2n) is 3.71. The fourth-order valence-electron chi connectivity index (χ4n) is 1.43. The molecule has 0 saturated heterocycles. The minimum absolute atomic E-state index is 0. The Kier molecular flexibility index (Phi) is 8.18. The quantitative estimate of drug-likeness (QED) is 0.658. The minimum Gasteiger partial charge on any atom is -0.477 e. The summed E-state index contributed by atoms with van der Waals surface area (Å²) < 4.78 is 0. The van der Waals surface area contributed by atoms with E-state index < -0.39 is 5.97 Å². The van der Waals surface area contributed by atoms with E-state index in [9.17, 15) is 4.79 Å². The van der Waals surface area contributed by atoms with Gasteiger partial charge in [-0.05, 0) is 35.7 Å². The zero-order chi connectivity index (χ0) is 14.2. The van der Waals surface area contributed by atoms with Crippen LogP contribution in [0.15, 0.2) is 66.3 Å². The molecule has 0 spiro atoms. The van der Waals surface area contributed by atoms with Gasteiger partial charge in [0.15, 0.2) is 0 Å². The fourth-order valence-corrected chi connectivity index (χ4v) is 1.99. The van der Waals surface area contributed by atoms with Crippen molar-refractivity contribution in [3.05, 3.63) is 71.2 Å². The van der Waals surface area contributed by atoms with E-state index in [0.29, 0.717) is 4.88 Å². The molecule has 0 bridgehead atoms. The first-order valence-electron chi connectivity index (χ1n) is 5.86. The molecule has 0 amide bonds. The van der Waals surface area contributed by atoms with Crippen LogP contribution in [0.25, 0.3) is 11.4 Å². The summed E-state index contributed by atoms with van der Waals surface area (Å²) in [5.41, 5.74) is 1.83. The molecule has 0 aliphatic rings. The number of rotatable bonds is 2. The van der Waals surface area contributed by atoms with Crippen LogP contribution in [0.5, 0.6) is 0 Å². The van der Waals surface area contributed by atoms with Crippen LogP contribution in [0.3, 0.4) is 0 Å². The van der Waals surface area contributed by atoms with Crippen LogP contribution < -0.4 is 0 Å². The molecule has 0 aromatic carbocycles. The van der Waals surface area contributed by atoms with Gasteiger partial charge in [-0.2, -0.15) is 0 Å². The maximum absolute atomic E-state index is 10.1. The molecule has 6 heteroatoms. The van der Waals surface area contributed by atoms with Gasteiger partial charge >= 0.3 is 5.97 Å². The zero-order valence-corrected chi connectivity index (χ0v) is 13.8. The summed E-state index contributed by atoms with van der Waals surface area (Å²) in [5, 5.41) is 10.0. The number of aromatic nitrogens is 2. The molecule has 4 nitrogen and oxygen atoms in total. The fraction of sp³-hybridized carbons (Fsp3) is 0. The monoisotopic (exact) mass is 443 g/mol. The predicted molar refractivity (Wildman–Crippen MR) is 78.7 cm³/mol. The molecule has 3 aromatic rings. The largest absolute Gasteiger partial charge is 0.477 e. The maximum atomic E-state index is 10.1. The van der Waals surface area contributed by atoms with Crippen molar-refractivity contribution in [1.82, 2.24) is 9.97 Å². The molecule has 1 N–H and O–H groups in total. The summed E-state index contributed by atoms with van der Waals surface area (Å²) in [6, 6.07) is 14.9. The van der Waals surface area contributed by atoms with Crippen molar-refractivity contribution in [1.29, 1.82) is 0 Å². The van der Waals surface area contributed by atoms with Crippen molar-refractivity contribution in [3.63, 3.8) is 0 Å². The molecule has 0 unspecified atom stereocenters. The summed E-state index contributed by atoms with van der Waals surface area (Å²) in [5.74, 6) is -0.847. The number of pyridine rings is 2. The molecule has 0 aliphatic carbocycles. The minimum atomic E-state index is -0.847. The summed E-state index contributed by atoms with van der Waals surface area (Å²) in [4.78, 5) is 18.8. The summed E-state index contributed by atoms with van der Waals surface area (Å²) in [7, 11) is 0. The molecule has 3 aromatic heterocycles. The summed E-state index contributed by atoms with van der Waals surface area (Å²) in [6.07, 6.45) is 3.54. The molecule has 21 heavy (non-hydrogen) atoms. The number of nitrogens with zero attached hydrogens (tertiary/aromatic N) is 2. The number of hydrogen-bond acceptors (Lipinski definition) is 4. The van der Waals surface area contributed by atoms with Gasteiger partial charge in [0.25, 0.3) is 0 Å². The van der Waals surface area contributed by atoms with Crippen LogP contribution in [-0.2, 0) is 0 Å². The average molecular weight is 443 g/mol. The third-order valence-electron chi connectivity index (χ3n) is 2.32. The molecular formula is C15H12N2O2STb. The number of thiophene rings is 1. The van der Waals surface area contributed by atoms with Crippen molar-refractivity contribution >= 4 is 17.3 Å². The number of hydrogen-bond donors (Lipinski definition) is 1. The van der Waals surface area contributed by atoms with E-state index in [2.05, 4.69) is 9.97 Å². The van der Waals surface area contributed by atoms with Gasteiger partial charge in [0, 0.05) is 51.0 Å². The van der Waals surface area contributed by atoms with Gasteiger partial charge in [0.05, 0.1) is 11.4 Å². The van der Waals surface area contributed by atoms with Gasteiger partial charge < -0.3 is 5.11 Å². The third kappa shape index (κ3) is 5.95. The molecule has 0 atom stereocenters. The Morgan fingerprint density at radius 1 is 0.905 bits per heavy atom. The molecule has 3 heterocycles. The number of carboxylic acid groups (broad SMARTS) is 1. The Hall–Kier alpha value is -1.24. The molecule has 3 rings (SSSR count). The van der Waals surface area contributed by atoms with Crippen LogP contribution in [0, 0.1) is 38.6 Å². The van der Waals surface area contributed by atoms with E-state index in [1.807, 2.05) is 36.4 Å². The van der Waals surface area contributed by atoms with Crippen LogP contribution in [0.1, 0.15) is 9.67 Å². The van der Waals surface area contributed by atoms with E-state index in [4.69, 9.17) is 5.11 Å². The molecule has 0 saturated carbocycles. The van der Waals surface area contributed by atoms with E-state index in [1.54, 1.807) is 29.9 Å². The first-order valence-corrected chi connectivity index (χ1v) is 6.74. The van der Waals surface area contributed by atoms with E-state index in [-0.39, 0.29) is 38.6 Å². The topological polar surface area (TPSA) is 63.1 Å². The van der Waals surface area contributed by atoms with Gasteiger partial charge in [-0.15, -0.1) is 11.3 Å². The number of carbonyl (C=O) groups is 1. The number of carboxylic acids is 1. The maximum Gasteiger partial charge on any atom is 0.345 e. The third-order valence-corrected chi connectivity index (χ3v) is 3.18. The van der Waals surface area contributed by atoms with Crippen molar-refractivity contribution in [3.8, 4) is 11.4 Å². The van der Waals surface area contributed by atoms with Crippen LogP contribution in [0.2, 0.25) is 0 Å². The first kappa shape index (κ1) is 17.8. The van der Waals surface area contributed by atoms with Gasteiger partial charge in [-0.25, -0.2) is 4.79 Å². The van der Waals surface area contributed by atoms with Crippen molar-refractivity contribution in [2.24, 2.45) is 0 Å². The predicted octanol–water partition coefficient (Wildman–Crippen LogP) is 3.59. The normalized spacial score (nSPS) is 8.95. The second kappa shape index (κ2) is 9.65. The number of aromatic carboxylic acids is 1. The molecular weight excluding hydrogens is 431 g/mol. The van der Waals surface area contributed by atoms with Crippen LogP contribution >= 0.6 is 11.3 Å². The Morgan fingerprint density at radius 3 is 1.76 bits per heavy atom. The molecule has 0 aliphatic heterocycles. The Balaban J connectivity index is 0.000000216. The van der Waals surface area contributed by atoms with Crippen molar-refractivity contribution < 1.29 is 48.5 Å². The van der Waals surface area contributed by atoms with E-state index in [1.165, 1.54) is 11.3 Å². The van der Waals surface area contributed by atoms with Crippen LogP contribution in [-0.4, -0.2) is 21.0 Å². The van der Waals surface area contributed by atoms with Crippen molar-refractivity contribution in [2.75, 3.05) is 0 Å². The van der Waals surface area contributed by atoms with Gasteiger partial charge in [0.1, 0.15) is 4.88 Å². The van der Waals surface area contributed by atoms with Gasteiger partial charge in [-0.1, -0.05) is 18.2 Å². The van der Waals surface area contributed by atoms with Crippen molar-refractivity contribution in [2.45, 2.75) is 0 Å². The smallest absolute Gasteiger partial charge is 0.345 e. The zero-order valence-electron chi connectivity index (χ0n) is 10.8. The molecule has 1 radical (unpaired) electrons. The van der Waals surface area contributed by atoms with Gasteiger partial charge in [-0.3, -0.25) is 9.97 Å². The second-order valence-corrected chi connectivity index (χ2v) is 4.66. The average Bonchev–Trinajstić information content (AvgIpc) is 3.04. The first-order chi connectivity index (χ1) is 9.77. The van der Waals surface area contributed by atoms with Gasteiger partial charge in [0.2, 0.25) is 0 Å². The Labute approximate surface area is 157 Å². The molecule has 0 fully saturated rings. The standard InChI is InChI=1S/C10H8N2.C5H4O2S.Tb/c1-3-7-11-9(5-1)10-6-2-4-8-12-10;6-5(7)4-2-1-3-8-4;/h1-8H;1-3H,(H,6,7);. The van der Waals surface area contributed by atoms with E-state index >= 15 is 0 Å². The summed E-state index contributed by atoms with van der Waals surface area (Å²) in [6.45, 7) is 0.